The Kier molecular flexibility index (Phi) is 3.76. The van der Waals surface area contributed by atoms with Crippen molar-refractivity contribution in [1.29, 1.82) is 0 Å². The third-order valence-corrected chi connectivity index (χ3v) is 4.39. The van der Waals surface area contributed by atoms with Gasteiger partial charge in [0.2, 0.25) is 0 Å². The lowest BCUT2D eigenvalue weighted by molar-refractivity contribution is 0.254. The van der Waals surface area contributed by atoms with E-state index in [1.807, 2.05) is 30.3 Å². The second-order valence-corrected chi connectivity index (χ2v) is 5.80. The molecule has 3 rings (SSSR count). The van der Waals surface area contributed by atoms with Crippen LogP contribution in [-0.4, -0.2) is 6.61 Å². The summed E-state index contributed by atoms with van der Waals surface area (Å²) < 4.78 is 20.3. The van der Waals surface area contributed by atoms with Gasteiger partial charge >= 0.3 is 0 Å². The lowest BCUT2D eigenvalue weighted by atomic mass is 9.83. The molecular formula is C16H15BrFNO. The van der Waals surface area contributed by atoms with Crippen LogP contribution in [-0.2, 0) is 0 Å². The first kappa shape index (κ1) is 13.6. The van der Waals surface area contributed by atoms with E-state index in [9.17, 15) is 4.39 Å². The van der Waals surface area contributed by atoms with Crippen LogP contribution in [0.25, 0.3) is 0 Å². The standard InChI is InChI=1S/C16H15BrFNO/c17-13-6-3-5-12(15(13)18)16(19)11-8-9-20-14-7-2-1-4-10(11)14/h1-7,11,16H,8-9,19H2. The maximum atomic E-state index is 14.2. The van der Waals surface area contributed by atoms with Crippen LogP contribution in [0.5, 0.6) is 5.75 Å². The van der Waals surface area contributed by atoms with Crippen LogP contribution in [0.15, 0.2) is 46.9 Å². The summed E-state index contributed by atoms with van der Waals surface area (Å²) in [6.45, 7) is 0.616. The normalized spacial score (nSPS) is 19.1. The summed E-state index contributed by atoms with van der Waals surface area (Å²) in [5.74, 6) is 0.655. The summed E-state index contributed by atoms with van der Waals surface area (Å²) in [6.07, 6.45) is 0.796. The lowest BCUT2D eigenvalue weighted by Gasteiger charge is -2.30. The average Bonchev–Trinajstić information content (AvgIpc) is 2.49. The Morgan fingerprint density at radius 2 is 2.00 bits per heavy atom. The summed E-state index contributed by atoms with van der Waals surface area (Å²) in [7, 11) is 0. The minimum absolute atomic E-state index is 0.0729. The molecule has 1 heterocycles. The van der Waals surface area contributed by atoms with Crippen molar-refractivity contribution < 1.29 is 9.13 Å². The zero-order valence-electron chi connectivity index (χ0n) is 10.9. The average molecular weight is 336 g/mol. The highest BCUT2D eigenvalue weighted by Crippen LogP contribution is 2.41. The largest absolute Gasteiger partial charge is 0.493 e. The number of nitrogens with two attached hydrogens (primary N) is 1. The van der Waals surface area contributed by atoms with Gasteiger partial charge in [-0.15, -0.1) is 0 Å². The lowest BCUT2D eigenvalue weighted by Crippen LogP contribution is -2.26. The molecule has 0 fully saturated rings. The van der Waals surface area contributed by atoms with Crippen LogP contribution in [0, 0.1) is 5.82 Å². The van der Waals surface area contributed by atoms with Crippen LogP contribution >= 0.6 is 15.9 Å². The van der Waals surface area contributed by atoms with Gasteiger partial charge in [-0.2, -0.15) is 0 Å². The predicted molar refractivity (Wildman–Crippen MR) is 80.3 cm³/mol. The molecule has 0 aromatic heterocycles. The fraction of sp³-hybridized carbons (Fsp3) is 0.250. The molecule has 2 N–H and O–H groups in total. The summed E-state index contributed by atoms with van der Waals surface area (Å²) >= 11 is 3.21. The second kappa shape index (κ2) is 5.54. The van der Waals surface area contributed by atoms with Crippen molar-refractivity contribution in [3.05, 3.63) is 63.9 Å². The Hall–Kier alpha value is -1.39. The maximum Gasteiger partial charge on any atom is 0.142 e. The van der Waals surface area contributed by atoms with Crippen LogP contribution < -0.4 is 10.5 Å². The molecule has 0 bridgehead atoms. The Morgan fingerprint density at radius 3 is 2.85 bits per heavy atom. The molecule has 104 valence electrons. The number of halogens is 2. The predicted octanol–water partition coefficient (Wildman–Crippen LogP) is 4.15. The minimum Gasteiger partial charge on any atom is -0.493 e. The molecule has 2 aromatic carbocycles. The molecule has 0 saturated carbocycles. The monoisotopic (exact) mass is 335 g/mol. The third kappa shape index (κ3) is 2.34. The molecule has 4 heteroatoms. The Bertz CT molecular complexity index is 632. The molecule has 1 aliphatic heterocycles. The summed E-state index contributed by atoms with van der Waals surface area (Å²) in [5.41, 5.74) is 7.94. The van der Waals surface area contributed by atoms with E-state index in [-0.39, 0.29) is 17.8 Å². The van der Waals surface area contributed by atoms with E-state index in [0.29, 0.717) is 16.6 Å². The zero-order chi connectivity index (χ0) is 14.1. The van der Waals surface area contributed by atoms with Crippen molar-refractivity contribution in [1.82, 2.24) is 0 Å². The number of hydrogen-bond donors (Lipinski definition) is 1. The van der Waals surface area contributed by atoms with Gasteiger partial charge in [0.15, 0.2) is 0 Å². The van der Waals surface area contributed by atoms with Crippen molar-refractivity contribution in [2.24, 2.45) is 5.73 Å². The number of rotatable bonds is 2. The van der Waals surface area contributed by atoms with Gasteiger partial charge in [-0.3, -0.25) is 0 Å². The third-order valence-electron chi connectivity index (χ3n) is 3.78. The van der Waals surface area contributed by atoms with Crippen molar-refractivity contribution in [3.63, 3.8) is 0 Å². The van der Waals surface area contributed by atoms with E-state index >= 15 is 0 Å². The van der Waals surface area contributed by atoms with E-state index in [0.717, 1.165) is 17.7 Å². The molecule has 0 amide bonds. The van der Waals surface area contributed by atoms with E-state index in [1.165, 1.54) is 0 Å². The maximum absolute atomic E-state index is 14.2. The fourth-order valence-corrected chi connectivity index (χ4v) is 3.12. The molecule has 2 aromatic rings. The molecule has 2 unspecified atom stereocenters. The molecule has 0 aliphatic carbocycles. The SMILES string of the molecule is NC(c1cccc(Br)c1F)C1CCOc2ccccc21. The van der Waals surface area contributed by atoms with Gasteiger partial charge in [-0.25, -0.2) is 4.39 Å². The van der Waals surface area contributed by atoms with Crippen LogP contribution in [0.1, 0.15) is 29.5 Å². The first-order chi connectivity index (χ1) is 9.68. The minimum atomic E-state index is -0.377. The smallest absolute Gasteiger partial charge is 0.142 e. The van der Waals surface area contributed by atoms with Crippen LogP contribution in [0.4, 0.5) is 4.39 Å². The number of fused-ring (bicyclic) bond motifs is 1. The van der Waals surface area contributed by atoms with Gasteiger partial charge in [0, 0.05) is 17.5 Å². The first-order valence-electron chi connectivity index (χ1n) is 6.59. The highest BCUT2D eigenvalue weighted by molar-refractivity contribution is 9.10. The molecular weight excluding hydrogens is 321 g/mol. The number of para-hydroxylation sites is 1. The topological polar surface area (TPSA) is 35.2 Å². The molecule has 0 saturated heterocycles. The fourth-order valence-electron chi connectivity index (χ4n) is 2.74. The zero-order valence-corrected chi connectivity index (χ0v) is 12.4. The van der Waals surface area contributed by atoms with Gasteiger partial charge in [0.1, 0.15) is 11.6 Å². The number of ether oxygens (including phenoxy) is 1. The Labute approximate surface area is 125 Å². The Balaban J connectivity index is 2.00. The molecule has 0 radical (unpaired) electrons. The van der Waals surface area contributed by atoms with E-state index in [2.05, 4.69) is 15.9 Å². The molecule has 1 aliphatic rings. The first-order valence-corrected chi connectivity index (χ1v) is 7.39. The highest BCUT2D eigenvalue weighted by atomic mass is 79.9. The molecule has 2 atom stereocenters. The molecule has 2 nitrogen and oxygen atoms in total. The second-order valence-electron chi connectivity index (χ2n) is 4.95. The van der Waals surface area contributed by atoms with Crippen molar-refractivity contribution >= 4 is 15.9 Å². The summed E-state index contributed by atoms with van der Waals surface area (Å²) in [4.78, 5) is 0. The quantitative estimate of drug-likeness (QED) is 0.894. The van der Waals surface area contributed by atoms with Gasteiger partial charge < -0.3 is 10.5 Å². The van der Waals surface area contributed by atoms with Crippen molar-refractivity contribution in [2.75, 3.05) is 6.61 Å². The molecule has 20 heavy (non-hydrogen) atoms. The highest BCUT2D eigenvalue weighted by Gasteiger charge is 2.29. The van der Waals surface area contributed by atoms with Gasteiger partial charge in [0.25, 0.3) is 0 Å². The molecule has 0 spiro atoms. The van der Waals surface area contributed by atoms with E-state index in [1.54, 1.807) is 12.1 Å². The van der Waals surface area contributed by atoms with Gasteiger partial charge in [-0.1, -0.05) is 30.3 Å². The summed E-state index contributed by atoms with van der Waals surface area (Å²) in [6, 6.07) is 12.7. The number of benzene rings is 2. The van der Waals surface area contributed by atoms with Crippen molar-refractivity contribution in [2.45, 2.75) is 18.4 Å². The van der Waals surface area contributed by atoms with Gasteiger partial charge in [-0.05, 0) is 40.0 Å². The van der Waals surface area contributed by atoms with E-state index in [4.69, 9.17) is 10.5 Å². The van der Waals surface area contributed by atoms with Crippen molar-refractivity contribution in [3.8, 4) is 5.75 Å². The summed E-state index contributed by atoms with van der Waals surface area (Å²) in [5, 5.41) is 0. The van der Waals surface area contributed by atoms with E-state index < -0.39 is 0 Å². The Morgan fingerprint density at radius 1 is 1.20 bits per heavy atom. The van der Waals surface area contributed by atoms with Crippen LogP contribution in [0.3, 0.4) is 0 Å². The number of hydrogen-bond acceptors (Lipinski definition) is 2. The van der Waals surface area contributed by atoms with Gasteiger partial charge in [0.05, 0.1) is 11.1 Å². The van der Waals surface area contributed by atoms with Crippen LogP contribution in [0.2, 0.25) is 0 Å².